The molecule has 2 rings (SSSR count). The molecule has 0 saturated heterocycles. The van der Waals surface area contributed by atoms with Gasteiger partial charge >= 0.3 is 0 Å². The lowest BCUT2D eigenvalue weighted by Gasteiger charge is -2.36. The summed E-state index contributed by atoms with van der Waals surface area (Å²) < 4.78 is 27.0. The van der Waals surface area contributed by atoms with Crippen LogP contribution in [0.5, 0.6) is 0 Å². The van der Waals surface area contributed by atoms with Crippen LogP contribution in [0.3, 0.4) is 0 Å². The van der Waals surface area contributed by atoms with Crippen LogP contribution in [0, 0.1) is 17.2 Å². The largest absolute Gasteiger partial charge is 0.330 e. The lowest BCUT2D eigenvalue weighted by molar-refractivity contribution is 0.204. The first kappa shape index (κ1) is 16.0. The lowest BCUT2D eigenvalue weighted by atomic mass is 9.85. The van der Waals surface area contributed by atoms with Crippen molar-refractivity contribution in [2.75, 3.05) is 13.6 Å². The Kier molecular flexibility index (Phi) is 4.99. The minimum atomic E-state index is -3.67. The molecular weight excluding hydrogens is 286 g/mol. The van der Waals surface area contributed by atoms with E-state index in [2.05, 4.69) is 0 Å². The van der Waals surface area contributed by atoms with Crippen LogP contribution >= 0.6 is 0 Å². The maximum Gasteiger partial charge on any atom is 0.244 e. The molecule has 1 aliphatic rings. The second-order valence-electron chi connectivity index (χ2n) is 5.48. The average molecular weight is 307 g/mol. The third-order valence-electron chi connectivity index (χ3n) is 4.30. The molecule has 5 nitrogen and oxygen atoms in total. The van der Waals surface area contributed by atoms with E-state index in [9.17, 15) is 8.42 Å². The fraction of sp³-hybridized carbons (Fsp3) is 0.533. The predicted molar refractivity (Wildman–Crippen MR) is 80.9 cm³/mol. The predicted octanol–water partition coefficient (Wildman–Crippen LogP) is 1.70. The molecule has 114 valence electrons. The second kappa shape index (κ2) is 6.56. The van der Waals surface area contributed by atoms with Gasteiger partial charge in [0, 0.05) is 13.1 Å². The van der Waals surface area contributed by atoms with Gasteiger partial charge in [-0.1, -0.05) is 25.0 Å². The Balaban J connectivity index is 2.36. The van der Waals surface area contributed by atoms with Crippen molar-refractivity contribution in [3.8, 4) is 6.07 Å². The molecular formula is C15H21N3O2S. The first-order chi connectivity index (χ1) is 10.0. The highest BCUT2D eigenvalue weighted by molar-refractivity contribution is 7.89. The Bertz CT molecular complexity index is 637. The highest BCUT2D eigenvalue weighted by Gasteiger charge is 2.35. The molecule has 0 bridgehead atoms. The van der Waals surface area contributed by atoms with Crippen molar-refractivity contribution in [1.82, 2.24) is 4.31 Å². The third-order valence-corrected chi connectivity index (χ3v) is 6.24. The quantitative estimate of drug-likeness (QED) is 0.917. The fourth-order valence-electron chi connectivity index (χ4n) is 3.06. The minimum Gasteiger partial charge on any atom is -0.330 e. The number of rotatable bonds is 4. The molecule has 0 radical (unpaired) electrons. The number of nitrogens with zero attached hydrogens (tertiary/aromatic N) is 2. The van der Waals surface area contributed by atoms with Crippen LogP contribution in [0.2, 0.25) is 0 Å². The van der Waals surface area contributed by atoms with Crippen LogP contribution in [0.1, 0.15) is 31.2 Å². The summed E-state index contributed by atoms with van der Waals surface area (Å²) in [5.74, 6) is 0.188. The summed E-state index contributed by atoms with van der Waals surface area (Å²) in [6.45, 7) is 0.490. The van der Waals surface area contributed by atoms with Gasteiger partial charge in [-0.15, -0.1) is 0 Å². The molecule has 2 N–H and O–H groups in total. The summed E-state index contributed by atoms with van der Waals surface area (Å²) in [6.07, 6.45) is 3.90. The van der Waals surface area contributed by atoms with Crippen molar-refractivity contribution in [3.05, 3.63) is 29.8 Å². The van der Waals surface area contributed by atoms with Crippen molar-refractivity contribution >= 4 is 10.0 Å². The first-order valence-electron chi connectivity index (χ1n) is 7.19. The zero-order valence-corrected chi connectivity index (χ0v) is 13.0. The van der Waals surface area contributed by atoms with Gasteiger partial charge in [-0.3, -0.25) is 0 Å². The summed E-state index contributed by atoms with van der Waals surface area (Å²) >= 11 is 0. The number of hydrogen-bond acceptors (Lipinski definition) is 4. The van der Waals surface area contributed by atoms with E-state index >= 15 is 0 Å². The van der Waals surface area contributed by atoms with Crippen LogP contribution < -0.4 is 5.73 Å². The molecule has 2 atom stereocenters. The van der Waals surface area contributed by atoms with Crippen LogP contribution in [-0.4, -0.2) is 32.4 Å². The van der Waals surface area contributed by atoms with Crippen LogP contribution in [0.4, 0.5) is 0 Å². The third kappa shape index (κ3) is 3.10. The van der Waals surface area contributed by atoms with E-state index in [0.29, 0.717) is 6.54 Å². The molecule has 0 spiro atoms. The number of hydrogen-bond donors (Lipinski definition) is 1. The van der Waals surface area contributed by atoms with Gasteiger partial charge < -0.3 is 5.73 Å². The summed E-state index contributed by atoms with van der Waals surface area (Å²) in [5, 5.41) is 9.12. The van der Waals surface area contributed by atoms with E-state index in [4.69, 9.17) is 11.0 Å². The average Bonchev–Trinajstić information content (AvgIpc) is 2.53. The molecule has 1 aliphatic carbocycles. The van der Waals surface area contributed by atoms with Crippen molar-refractivity contribution in [1.29, 1.82) is 5.26 Å². The monoisotopic (exact) mass is 307 g/mol. The second-order valence-corrected chi connectivity index (χ2v) is 7.44. The Morgan fingerprint density at radius 2 is 2.00 bits per heavy atom. The molecule has 2 unspecified atom stereocenters. The van der Waals surface area contributed by atoms with Gasteiger partial charge in [0.1, 0.15) is 6.07 Å². The Morgan fingerprint density at radius 3 is 2.67 bits per heavy atom. The van der Waals surface area contributed by atoms with Crippen molar-refractivity contribution < 1.29 is 8.42 Å². The molecule has 0 amide bonds. The highest BCUT2D eigenvalue weighted by atomic mass is 32.2. The molecule has 0 heterocycles. The maximum atomic E-state index is 12.8. The van der Waals surface area contributed by atoms with Crippen molar-refractivity contribution in [3.63, 3.8) is 0 Å². The summed E-state index contributed by atoms with van der Waals surface area (Å²) in [5.41, 5.74) is 5.98. The zero-order chi connectivity index (χ0) is 15.5. The normalized spacial score (nSPS) is 23.0. The first-order valence-corrected chi connectivity index (χ1v) is 8.63. The highest BCUT2D eigenvalue weighted by Crippen LogP contribution is 2.31. The van der Waals surface area contributed by atoms with Crippen LogP contribution in [-0.2, 0) is 10.0 Å². The Morgan fingerprint density at radius 1 is 1.33 bits per heavy atom. The Labute approximate surface area is 126 Å². The number of nitriles is 1. The minimum absolute atomic E-state index is 0.0799. The summed E-state index contributed by atoms with van der Waals surface area (Å²) in [6, 6.07) is 8.20. The molecule has 1 aromatic rings. The van der Waals surface area contributed by atoms with Crippen molar-refractivity contribution in [2.24, 2.45) is 11.7 Å². The summed E-state index contributed by atoms with van der Waals surface area (Å²) in [4.78, 5) is 0.0799. The zero-order valence-electron chi connectivity index (χ0n) is 12.2. The molecule has 21 heavy (non-hydrogen) atoms. The number of nitrogens with two attached hydrogens (primary N) is 1. The van der Waals surface area contributed by atoms with Crippen LogP contribution in [0.15, 0.2) is 29.2 Å². The van der Waals surface area contributed by atoms with Gasteiger partial charge in [0.15, 0.2) is 0 Å². The van der Waals surface area contributed by atoms with Gasteiger partial charge in [-0.2, -0.15) is 9.57 Å². The SMILES string of the molecule is CN(C1CCCCC1CN)S(=O)(=O)c1ccccc1C#N. The fourth-order valence-corrected chi connectivity index (χ4v) is 4.65. The Hall–Kier alpha value is -1.42. The molecule has 0 aliphatic heterocycles. The van der Waals surface area contributed by atoms with E-state index in [1.807, 2.05) is 6.07 Å². The molecule has 1 saturated carbocycles. The number of benzene rings is 1. The smallest absolute Gasteiger partial charge is 0.244 e. The van der Waals surface area contributed by atoms with Gasteiger partial charge in [-0.05, 0) is 37.4 Å². The van der Waals surface area contributed by atoms with Gasteiger partial charge in [0.05, 0.1) is 10.5 Å². The summed E-state index contributed by atoms with van der Waals surface area (Å²) in [7, 11) is -2.07. The van der Waals surface area contributed by atoms with E-state index < -0.39 is 10.0 Å². The molecule has 1 aromatic carbocycles. The standard InChI is InChI=1S/C15H21N3O2S/c1-18(14-8-4-2-6-12(14)10-16)21(19,20)15-9-5-3-7-13(15)11-17/h3,5,7,9,12,14H,2,4,6,8,10,16H2,1H3. The van der Waals surface area contributed by atoms with E-state index in [1.54, 1.807) is 19.2 Å². The van der Waals surface area contributed by atoms with Gasteiger partial charge in [-0.25, -0.2) is 8.42 Å². The van der Waals surface area contributed by atoms with Crippen molar-refractivity contribution in [2.45, 2.75) is 36.6 Å². The topological polar surface area (TPSA) is 87.2 Å². The molecule has 0 aromatic heterocycles. The van der Waals surface area contributed by atoms with E-state index in [-0.39, 0.29) is 22.4 Å². The van der Waals surface area contributed by atoms with Gasteiger partial charge in [0.25, 0.3) is 0 Å². The lowest BCUT2D eigenvalue weighted by Crippen LogP contribution is -2.45. The maximum absolute atomic E-state index is 12.8. The number of sulfonamides is 1. The van der Waals surface area contributed by atoms with E-state index in [1.165, 1.54) is 16.4 Å². The molecule has 1 fully saturated rings. The van der Waals surface area contributed by atoms with E-state index in [0.717, 1.165) is 25.7 Å². The van der Waals surface area contributed by atoms with Crippen LogP contribution in [0.25, 0.3) is 0 Å². The van der Waals surface area contributed by atoms with Gasteiger partial charge in [0.2, 0.25) is 10.0 Å². The molecule has 6 heteroatoms.